The van der Waals surface area contributed by atoms with Gasteiger partial charge >= 0.3 is 0 Å². The van der Waals surface area contributed by atoms with Crippen LogP contribution in [0, 0.1) is 0 Å². The van der Waals surface area contributed by atoms with Crippen molar-refractivity contribution in [2.24, 2.45) is 5.73 Å². The number of thioether (sulfide) groups is 1. The highest BCUT2D eigenvalue weighted by Gasteiger charge is 2.42. The summed E-state index contributed by atoms with van der Waals surface area (Å²) in [6, 6.07) is 0. The van der Waals surface area contributed by atoms with Crippen molar-refractivity contribution < 1.29 is 9.47 Å². The van der Waals surface area contributed by atoms with Gasteiger partial charge in [0.25, 0.3) is 0 Å². The minimum Gasteiger partial charge on any atom is -0.374 e. The molecule has 0 aliphatic carbocycles. The Balaban J connectivity index is 1.93. The zero-order valence-electron chi connectivity index (χ0n) is 11.0. The maximum atomic E-state index is 6.25. The van der Waals surface area contributed by atoms with Crippen LogP contribution in [0.25, 0.3) is 0 Å². The van der Waals surface area contributed by atoms with Gasteiger partial charge in [0.2, 0.25) is 0 Å². The Labute approximate surface area is 109 Å². The first-order valence-corrected chi connectivity index (χ1v) is 7.86. The van der Waals surface area contributed by atoms with E-state index in [1.54, 1.807) is 0 Å². The predicted octanol–water partition coefficient (Wildman–Crippen LogP) is 2.19. The van der Waals surface area contributed by atoms with Gasteiger partial charge in [-0.1, -0.05) is 6.92 Å². The molecule has 0 aromatic rings. The van der Waals surface area contributed by atoms with Crippen molar-refractivity contribution in [1.29, 1.82) is 0 Å². The number of ether oxygens (including phenoxy) is 2. The molecule has 1 spiro atoms. The van der Waals surface area contributed by atoms with Crippen molar-refractivity contribution in [1.82, 2.24) is 0 Å². The Morgan fingerprint density at radius 3 is 3.00 bits per heavy atom. The second-order valence-electron chi connectivity index (χ2n) is 5.57. The summed E-state index contributed by atoms with van der Waals surface area (Å²) in [4.78, 5) is 0. The standard InChI is InChI=1S/C13H25NO2S/c1-3-12(2,9-14)16-11-4-6-15-13(8-11)5-7-17-10-13/h11H,3-10,14H2,1-2H3. The summed E-state index contributed by atoms with van der Waals surface area (Å²) >= 11 is 2.01. The van der Waals surface area contributed by atoms with Crippen LogP contribution in [0.15, 0.2) is 0 Å². The molecular formula is C13H25NO2S. The predicted molar refractivity (Wildman–Crippen MR) is 72.5 cm³/mol. The van der Waals surface area contributed by atoms with Crippen LogP contribution >= 0.6 is 11.8 Å². The van der Waals surface area contributed by atoms with Crippen LogP contribution in [0.2, 0.25) is 0 Å². The largest absolute Gasteiger partial charge is 0.374 e. The maximum Gasteiger partial charge on any atom is 0.0805 e. The monoisotopic (exact) mass is 259 g/mol. The number of rotatable bonds is 4. The van der Waals surface area contributed by atoms with E-state index in [4.69, 9.17) is 15.2 Å². The van der Waals surface area contributed by atoms with Gasteiger partial charge in [0.1, 0.15) is 0 Å². The molecular weight excluding hydrogens is 234 g/mol. The normalized spacial score (nSPS) is 37.2. The zero-order valence-corrected chi connectivity index (χ0v) is 11.9. The van der Waals surface area contributed by atoms with Gasteiger partial charge in [-0.3, -0.25) is 0 Å². The van der Waals surface area contributed by atoms with E-state index < -0.39 is 0 Å². The fourth-order valence-electron chi connectivity index (χ4n) is 2.62. The molecule has 100 valence electrons. The van der Waals surface area contributed by atoms with Crippen LogP contribution in [0.5, 0.6) is 0 Å². The van der Waals surface area contributed by atoms with Gasteiger partial charge in [-0.25, -0.2) is 0 Å². The minimum absolute atomic E-state index is 0.108. The average Bonchev–Trinajstić information content (AvgIpc) is 2.77. The van der Waals surface area contributed by atoms with Gasteiger partial charge in [0, 0.05) is 25.3 Å². The molecule has 2 aliphatic heterocycles. The van der Waals surface area contributed by atoms with Gasteiger partial charge in [-0.15, -0.1) is 0 Å². The van der Waals surface area contributed by atoms with Crippen molar-refractivity contribution in [3.63, 3.8) is 0 Å². The minimum atomic E-state index is -0.158. The first-order valence-electron chi connectivity index (χ1n) is 6.71. The molecule has 2 heterocycles. The van der Waals surface area contributed by atoms with E-state index in [0.29, 0.717) is 12.6 Å². The molecule has 0 amide bonds. The molecule has 0 radical (unpaired) electrons. The van der Waals surface area contributed by atoms with Gasteiger partial charge in [0.05, 0.1) is 17.3 Å². The second-order valence-corrected chi connectivity index (χ2v) is 6.68. The lowest BCUT2D eigenvalue weighted by Crippen LogP contribution is -2.47. The highest BCUT2D eigenvalue weighted by atomic mass is 32.2. The van der Waals surface area contributed by atoms with E-state index >= 15 is 0 Å². The Bertz CT molecular complexity index is 248. The van der Waals surface area contributed by atoms with Crippen LogP contribution in [-0.2, 0) is 9.47 Å². The SMILES string of the molecule is CCC(C)(CN)OC1CCOC2(CCSC2)C1. The molecule has 4 heteroatoms. The highest BCUT2D eigenvalue weighted by molar-refractivity contribution is 7.99. The Kier molecular flexibility index (Phi) is 4.40. The average molecular weight is 259 g/mol. The third-order valence-electron chi connectivity index (χ3n) is 4.15. The van der Waals surface area contributed by atoms with Crippen molar-refractivity contribution in [3.8, 4) is 0 Å². The molecule has 0 aromatic carbocycles. The fraction of sp³-hybridized carbons (Fsp3) is 1.00. The first kappa shape index (κ1) is 13.7. The second kappa shape index (κ2) is 5.47. The molecule has 3 atom stereocenters. The summed E-state index contributed by atoms with van der Waals surface area (Å²) < 4.78 is 12.3. The summed E-state index contributed by atoms with van der Waals surface area (Å²) in [7, 11) is 0. The molecule has 2 N–H and O–H groups in total. The molecule has 0 saturated carbocycles. The van der Waals surface area contributed by atoms with E-state index in [9.17, 15) is 0 Å². The lowest BCUT2D eigenvalue weighted by atomic mass is 9.90. The highest BCUT2D eigenvalue weighted by Crippen LogP contribution is 2.40. The molecule has 2 aliphatic rings. The number of nitrogens with two attached hydrogens (primary N) is 1. The van der Waals surface area contributed by atoms with Crippen LogP contribution in [0.4, 0.5) is 0 Å². The lowest BCUT2D eigenvalue weighted by Gasteiger charge is -2.41. The summed E-state index contributed by atoms with van der Waals surface area (Å²) in [6.45, 7) is 5.71. The zero-order chi connectivity index (χ0) is 12.4. The van der Waals surface area contributed by atoms with Gasteiger partial charge < -0.3 is 15.2 Å². The lowest BCUT2D eigenvalue weighted by molar-refractivity contribution is -0.161. The molecule has 17 heavy (non-hydrogen) atoms. The molecule has 0 aromatic heterocycles. The summed E-state index contributed by atoms with van der Waals surface area (Å²) in [5, 5.41) is 0. The van der Waals surface area contributed by atoms with E-state index in [1.165, 1.54) is 12.2 Å². The Hall–Kier alpha value is 0.230. The third kappa shape index (κ3) is 3.16. The molecule has 2 rings (SSSR count). The van der Waals surface area contributed by atoms with Gasteiger partial charge in [-0.05, 0) is 31.9 Å². The summed E-state index contributed by atoms with van der Waals surface area (Å²) in [6.07, 6.45) is 4.55. The van der Waals surface area contributed by atoms with Crippen LogP contribution in [0.1, 0.15) is 39.5 Å². The number of hydrogen-bond acceptors (Lipinski definition) is 4. The number of hydrogen-bond donors (Lipinski definition) is 1. The van der Waals surface area contributed by atoms with Crippen LogP contribution < -0.4 is 5.73 Å². The van der Waals surface area contributed by atoms with E-state index in [-0.39, 0.29) is 11.2 Å². The smallest absolute Gasteiger partial charge is 0.0805 e. The van der Waals surface area contributed by atoms with Crippen molar-refractivity contribution in [2.75, 3.05) is 24.7 Å². The van der Waals surface area contributed by atoms with Gasteiger partial charge in [-0.2, -0.15) is 11.8 Å². The summed E-state index contributed by atoms with van der Waals surface area (Å²) in [5.74, 6) is 2.37. The van der Waals surface area contributed by atoms with Crippen molar-refractivity contribution in [2.45, 2.75) is 56.8 Å². The van der Waals surface area contributed by atoms with Crippen molar-refractivity contribution >= 4 is 11.8 Å². The molecule has 0 bridgehead atoms. The quantitative estimate of drug-likeness (QED) is 0.840. The molecule has 2 saturated heterocycles. The van der Waals surface area contributed by atoms with Crippen LogP contribution in [-0.4, -0.2) is 42.0 Å². The fourth-order valence-corrected chi connectivity index (χ4v) is 4.00. The molecule has 3 nitrogen and oxygen atoms in total. The first-order chi connectivity index (χ1) is 8.11. The van der Waals surface area contributed by atoms with E-state index in [2.05, 4.69) is 13.8 Å². The van der Waals surface area contributed by atoms with Gasteiger partial charge in [0.15, 0.2) is 0 Å². The van der Waals surface area contributed by atoms with Crippen LogP contribution in [0.3, 0.4) is 0 Å². The molecule has 2 fully saturated rings. The Morgan fingerprint density at radius 1 is 1.59 bits per heavy atom. The summed E-state index contributed by atoms with van der Waals surface area (Å²) in [5.41, 5.74) is 5.77. The van der Waals surface area contributed by atoms with E-state index in [0.717, 1.165) is 31.6 Å². The van der Waals surface area contributed by atoms with E-state index in [1.807, 2.05) is 11.8 Å². The maximum absolute atomic E-state index is 6.25. The molecule has 3 unspecified atom stereocenters. The Morgan fingerprint density at radius 2 is 2.41 bits per heavy atom. The third-order valence-corrected chi connectivity index (χ3v) is 5.37. The van der Waals surface area contributed by atoms with Crippen molar-refractivity contribution in [3.05, 3.63) is 0 Å². The topological polar surface area (TPSA) is 44.5 Å².